The minimum absolute atomic E-state index is 0.0661. The van der Waals surface area contributed by atoms with Crippen LogP contribution in [0.15, 0.2) is 29.7 Å². The number of methoxy groups -OCH3 is 2. The van der Waals surface area contributed by atoms with Gasteiger partial charge < -0.3 is 19.9 Å². The molecule has 136 valence electrons. The van der Waals surface area contributed by atoms with Crippen LogP contribution in [0.4, 0.5) is 0 Å². The molecule has 0 amide bonds. The number of benzene rings is 1. The quantitative estimate of drug-likeness (QED) is 0.826. The Bertz CT molecular complexity index is 879. The van der Waals surface area contributed by atoms with Crippen molar-refractivity contribution in [3.63, 3.8) is 0 Å². The fourth-order valence-electron chi connectivity index (χ4n) is 3.22. The Morgan fingerprint density at radius 2 is 2.15 bits per heavy atom. The van der Waals surface area contributed by atoms with Gasteiger partial charge in [-0.25, -0.2) is 0 Å². The summed E-state index contributed by atoms with van der Waals surface area (Å²) in [5.74, 6) is 1.36. The van der Waals surface area contributed by atoms with Crippen molar-refractivity contribution >= 4 is 0 Å². The fraction of sp³-hybridized carbons (Fsp3) is 0.368. The van der Waals surface area contributed by atoms with E-state index in [2.05, 4.69) is 23.2 Å². The number of nitrogens with one attached hydrogen (secondary N) is 1. The van der Waals surface area contributed by atoms with Gasteiger partial charge >= 0.3 is 0 Å². The zero-order valence-corrected chi connectivity index (χ0v) is 15.1. The number of hydrogen-bond donors (Lipinski definition) is 2. The highest BCUT2D eigenvalue weighted by Gasteiger charge is 2.36. The summed E-state index contributed by atoms with van der Waals surface area (Å²) in [6.07, 6.45) is 2.87. The third kappa shape index (κ3) is 2.94. The maximum atomic E-state index is 9.72. The largest absolute Gasteiger partial charge is 0.497 e. The van der Waals surface area contributed by atoms with Gasteiger partial charge in [0.1, 0.15) is 23.1 Å². The number of H-pyrrole nitrogens is 1. The first-order valence-electron chi connectivity index (χ1n) is 8.51. The van der Waals surface area contributed by atoms with E-state index in [0.717, 1.165) is 36.1 Å². The van der Waals surface area contributed by atoms with E-state index in [1.54, 1.807) is 20.3 Å². The van der Waals surface area contributed by atoms with Crippen LogP contribution in [0, 0.1) is 11.3 Å². The lowest BCUT2D eigenvalue weighted by Gasteiger charge is -2.25. The SMILES string of the molecule is CCCCc1[nH]nc2c1[C@H](c1ccc(OC)cc1OC)C(C#N)=C(N)O2. The number of aryl methyl sites for hydroxylation is 1. The minimum Gasteiger partial charge on any atom is -0.497 e. The highest BCUT2D eigenvalue weighted by molar-refractivity contribution is 5.59. The molecular weight excluding hydrogens is 332 g/mol. The number of fused-ring (bicyclic) bond motifs is 1. The summed E-state index contributed by atoms with van der Waals surface area (Å²) in [5.41, 5.74) is 8.96. The number of aromatic amines is 1. The summed E-state index contributed by atoms with van der Waals surface area (Å²) in [6.45, 7) is 2.13. The maximum Gasteiger partial charge on any atom is 0.244 e. The summed E-state index contributed by atoms with van der Waals surface area (Å²) in [5, 5.41) is 17.0. The molecule has 0 saturated carbocycles. The van der Waals surface area contributed by atoms with Gasteiger partial charge in [-0.15, -0.1) is 5.10 Å². The van der Waals surface area contributed by atoms with Gasteiger partial charge in [-0.05, 0) is 18.9 Å². The molecule has 2 heterocycles. The first-order chi connectivity index (χ1) is 12.6. The molecule has 0 unspecified atom stereocenters. The van der Waals surface area contributed by atoms with Crippen molar-refractivity contribution in [3.8, 4) is 23.4 Å². The Morgan fingerprint density at radius 3 is 2.81 bits per heavy atom. The highest BCUT2D eigenvalue weighted by atomic mass is 16.5. The number of nitrogens with two attached hydrogens (primary N) is 1. The maximum absolute atomic E-state index is 9.72. The van der Waals surface area contributed by atoms with Gasteiger partial charge in [-0.2, -0.15) is 5.26 Å². The summed E-state index contributed by atoms with van der Waals surface area (Å²) in [7, 11) is 3.18. The van der Waals surface area contributed by atoms with Gasteiger partial charge in [-0.3, -0.25) is 5.10 Å². The molecule has 0 fully saturated rings. The lowest BCUT2D eigenvalue weighted by Crippen LogP contribution is -2.21. The van der Waals surface area contributed by atoms with Crippen molar-refractivity contribution in [2.24, 2.45) is 5.73 Å². The summed E-state index contributed by atoms with van der Waals surface area (Å²) in [6, 6.07) is 7.72. The Hall–Kier alpha value is -3.14. The van der Waals surface area contributed by atoms with Crippen LogP contribution in [0.5, 0.6) is 17.4 Å². The Morgan fingerprint density at radius 1 is 1.35 bits per heavy atom. The molecule has 2 aromatic rings. The zero-order valence-electron chi connectivity index (χ0n) is 15.1. The molecular formula is C19H22N4O3. The van der Waals surface area contributed by atoms with E-state index < -0.39 is 5.92 Å². The topological polar surface area (TPSA) is 106 Å². The Labute approximate surface area is 152 Å². The van der Waals surface area contributed by atoms with Crippen molar-refractivity contribution in [2.45, 2.75) is 32.1 Å². The van der Waals surface area contributed by atoms with Gasteiger partial charge in [0.05, 0.1) is 25.7 Å². The van der Waals surface area contributed by atoms with Crippen molar-refractivity contribution in [1.82, 2.24) is 10.2 Å². The molecule has 0 radical (unpaired) electrons. The molecule has 0 bridgehead atoms. The first-order valence-corrected chi connectivity index (χ1v) is 8.51. The van der Waals surface area contributed by atoms with Gasteiger partial charge in [0, 0.05) is 17.3 Å². The molecule has 7 heteroatoms. The van der Waals surface area contributed by atoms with Crippen molar-refractivity contribution in [1.29, 1.82) is 5.26 Å². The van der Waals surface area contributed by atoms with Crippen LogP contribution in [0.2, 0.25) is 0 Å². The molecule has 0 aliphatic carbocycles. The van der Waals surface area contributed by atoms with Crippen LogP contribution in [-0.4, -0.2) is 24.4 Å². The summed E-state index contributed by atoms with van der Waals surface area (Å²) < 4.78 is 16.4. The van der Waals surface area contributed by atoms with E-state index in [9.17, 15) is 5.26 Å². The number of allylic oxidation sites excluding steroid dienone is 1. The summed E-state index contributed by atoms with van der Waals surface area (Å²) in [4.78, 5) is 0. The van der Waals surface area contributed by atoms with E-state index in [4.69, 9.17) is 19.9 Å². The molecule has 1 aromatic heterocycles. The van der Waals surface area contributed by atoms with Gasteiger partial charge in [0.15, 0.2) is 0 Å². The second-order valence-electron chi connectivity index (χ2n) is 6.06. The number of nitrogens with zero attached hydrogens (tertiary/aromatic N) is 2. The highest BCUT2D eigenvalue weighted by Crippen LogP contribution is 2.46. The van der Waals surface area contributed by atoms with Crippen LogP contribution in [0.3, 0.4) is 0 Å². The predicted molar refractivity (Wildman–Crippen MR) is 96.0 cm³/mol. The second-order valence-corrected chi connectivity index (χ2v) is 6.06. The van der Waals surface area contributed by atoms with E-state index in [-0.39, 0.29) is 5.88 Å². The van der Waals surface area contributed by atoms with E-state index in [0.29, 0.717) is 23.0 Å². The number of nitriles is 1. The van der Waals surface area contributed by atoms with Crippen LogP contribution in [0.1, 0.15) is 42.5 Å². The third-order valence-corrected chi connectivity index (χ3v) is 4.55. The van der Waals surface area contributed by atoms with Crippen molar-refractivity contribution in [2.75, 3.05) is 14.2 Å². The van der Waals surface area contributed by atoms with Crippen molar-refractivity contribution < 1.29 is 14.2 Å². The van der Waals surface area contributed by atoms with Crippen LogP contribution in [0.25, 0.3) is 0 Å². The van der Waals surface area contributed by atoms with Crippen LogP contribution in [-0.2, 0) is 6.42 Å². The number of aromatic nitrogens is 2. The first kappa shape index (κ1) is 17.7. The normalized spacial score (nSPS) is 15.8. The molecule has 1 aliphatic rings. The Balaban J connectivity index is 2.19. The van der Waals surface area contributed by atoms with E-state index >= 15 is 0 Å². The summed E-state index contributed by atoms with van der Waals surface area (Å²) >= 11 is 0. The Kier molecular flexibility index (Phi) is 5.03. The van der Waals surface area contributed by atoms with Gasteiger partial charge in [0.25, 0.3) is 0 Å². The monoisotopic (exact) mass is 354 g/mol. The standard InChI is InChI=1S/C19H22N4O3/c1-4-5-6-14-17-16(12-8-7-11(24-2)9-15(12)25-3)13(10-20)18(21)26-19(17)23-22-14/h7-9,16H,4-6,21H2,1-3H3,(H,22,23)/t16-/m1/s1. The van der Waals surface area contributed by atoms with Crippen molar-refractivity contribution in [3.05, 3.63) is 46.5 Å². The third-order valence-electron chi connectivity index (χ3n) is 4.55. The number of ether oxygens (including phenoxy) is 3. The molecule has 0 spiro atoms. The molecule has 1 aromatic carbocycles. The smallest absolute Gasteiger partial charge is 0.244 e. The number of unbranched alkanes of at least 4 members (excludes halogenated alkanes) is 1. The molecule has 7 nitrogen and oxygen atoms in total. The fourth-order valence-corrected chi connectivity index (χ4v) is 3.22. The molecule has 0 saturated heterocycles. The predicted octanol–water partition coefficient (Wildman–Crippen LogP) is 2.99. The molecule has 3 rings (SSSR count). The molecule has 26 heavy (non-hydrogen) atoms. The van der Waals surface area contributed by atoms with Gasteiger partial charge in [-0.1, -0.05) is 19.4 Å². The number of rotatable bonds is 6. The lowest BCUT2D eigenvalue weighted by atomic mass is 9.83. The van der Waals surface area contributed by atoms with Gasteiger partial charge in [0.2, 0.25) is 11.8 Å². The second kappa shape index (κ2) is 7.40. The molecule has 1 aliphatic heterocycles. The van der Waals surface area contributed by atoms with E-state index in [1.807, 2.05) is 12.1 Å². The molecule has 3 N–H and O–H groups in total. The van der Waals surface area contributed by atoms with Crippen LogP contribution >= 0.6 is 0 Å². The average Bonchev–Trinajstić information content (AvgIpc) is 3.06. The minimum atomic E-state index is -0.407. The lowest BCUT2D eigenvalue weighted by molar-refractivity contribution is 0.372. The van der Waals surface area contributed by atoms with Crippen LogP contribution < -0.4 is 19.9 Å². The number of hydrogen-bond acceptors (Lipinski definition) is 6. The van der Waals surface area contributed by atoms with E-state index in [1.165, 1.54) is 0 Å². The zero-order chi connectivity index (χ0) is 18.7. The average molecular weight is 354 g/mol. The molecule has 1 atom stereocenters.